The van der Waals surface area contributed by atoms with Gasteiger partial charge < -0.3 is 15.5 Å². The van der Waals surface area contributed by atoms with Crippen LogP contribution in [0.1, 0.15) is 32.1 Å². The molecule has 2 N–H and O–H groups in total. The van der Waals surface area contributed by atoms with E-state index in [0.29, 0.717) is 34.8 Å². The molecule has 0 saturated carbocycles. The van der Waals surface area contributed by atoms with Gasteiger partial charge in [0, 0.05) is 11.4 Å². The Bertz CT molecular complexity index is 1260. The predicted molar refractivity (Wildman–Crippen MR) is 128 cm³/mol. The van der Waals surface area contributed by atoms with Crippen LogP contribution in [0.25, 0.3) is 11.1 Å². The molecule has 2 atom stereocenters. The summed E-state index contributed by atoms with van der Waals surface area (Å²) in [6, 6.07) is 12.4. The molecule has 3 heterocycles. The quantitative estimate of drug-likeness (QED) is 0.557. The number of nitrogens with one attached hydrogen (secondary N) is 2. The van der Waals surface area contributed by atoms with Crippen molar-refractivity contribution in [2.24, 2.45) is 0 Å². The molecule has 2 aliphatic heterocycles. The third kappa shape index (κ3) is 3.89. The molecule has 8 nitrogen and oxygen atoms in total. The summed E-state index contributed by atoms with van der Waals surface area (Å²) in [5.74, 6) is -0.850. The highest BCUT2D eigenvalue weighted by Crippen LogP contribution is 2.33. The van der Waals surface area contributed by atoms with Crippen molar-refractivity contribution in [3.63, 3.8) is 0 Å². The number of carbonyl (C=O) groups is 3. The molecule has 0 aliphatic carbocycles. The van der Waals surface area contributed by atoms with Crippen LogP contribution in [0.3, 0.4) is 0 Å². The van der Waals surface area contributed by atoms with Gasteiger partial charge in [-0.05, 0) is 66.5 Å². The maximum absolute atomic E-state index is 13.5. The van der Waals surface area contributed by atoms with Crippen LogP contribution < -0.4 is 10.6 Å². The number of aromatic nitrogens is 2. The highest BCUT2D eigenvalue weighted by atomic mass is 32.2. The fraction of sp³-hybridized carbons (Fsp3) is 0.261. The summed E-state index contributed by atoms with van der Waals surface area (Å²) in [4.78, 5) is 42.4. The average Bonchev–Trinajstić information content (AvgIpc) is 3.42. The van der Waals surface area contributed by atoms with Crippen molar-refractivity contribution in [1.82, 2.24) is 19.8 Å². The van der Waals surface area contributed by atoms with Crippen LogP contribution >= 0.6 is 23.3 Å². The van der Waals surface area contributed by atoms with Gasteiger partial charge in [-0.2, -0.15) is 0 Å². The molecule has 0 spiro atoms. The second kappa shape index (κ2) is 8.60. The van der Waals surface area contributed by atoms with E-state index < -0.39 is 12.1 Å². The Balaban J connectivity index is 1.42. The smallest absolute Gasteiger partial charge is 0.265 e. The lowest BCUT2D eigenvalue weighted by molar-refractivity contribution is -0.120. The number of hydrogen-bond acceptors (Lipinski definition) is 7. The van der Waals surface area contributed by atoms with E-state index in [9.17, 15) is 14.4 Å². The monoisotopic (exact) mass is 479 g/mol. The number of carbonyl (C=O) groups excluding carboxylic acids is 3. The van der Waals surface area contributed by atoms with Crippen molar-refractivity contribution < 1.29 is 14.4 Å². The Morgan fingerprint density at radius 2 is 1.94 bits per heavy atom. The molecule has 3 amide bonds. The molecule has 168 valence electrons. The van der Waals surface area contributed by atoms with Gasteiger partial charge in [-0.15, -0.1) is 16.9 Å². The van der Waals surface area contributed by atoms with Crippen LogP contribution in [-0.2, 0) is 4.79 Å². The Morgan fingerprint density at radius 3 is 2.64 bits per heavy atom. The van der Waals surface area contributed by atoms with Crippen LogP contribution in [0, 0.1) is 6.92 Å². The molecular formula is C23H21N5O3S2. The van der Waals surface area contributed by atoms with Crippen LogP contribution in [0.4, 0.5) is 5.69 Å². The van der Waals surface area contributed by atoms with Gasteiger partial charge in [0.2, 0.25) is 5.91 Å². The van der Waals surface area contributed by atoms with Crippen molar-refractivity contribution in [1.29, 1.82) is 0 Å². The Morgan fingerprint density at radius 1 is 1.18 bits per heavy atom. The van der Waals surface area contributed by atoms with Gasteiger partial charge in [0.05, 0.1) is 23.0 Å². The summed E-state index contributed by atoms with van der Waals surface area (Å²) >= 11 is 2.68. The number of anilines is 1. The topological polar surface area (TPSA) is 104 Å². The van der Waals surface area contributed by atoms with Crippen LogP contribution in [0.2, 0.25) is 0 Å². The minimum atomic E-state index is -0.778. The number of rotatable bonds is 4. The first-order valence-electron chi connectivity index (χ1n) is 10.5. The van der Waals surface area contributed by atoms with Crippen molar-refractivity contribution in [2.45, 2.75) is 30.3 Å². The zero-order chi connectivity index (χ0) is 23.1. The maximum Gasteiger partial charge on any atom is 0.265 e. The minimum Gasteiger partial charge on any atom is -0.346 e. The zero-order valence-corrected chi connectivity index (χ0v) is 19.6. The number of hydrogen-bond donors (Lipinski definition) is 2. The van der Waals surface area contributed by atoms with E-state index >= 15 is 0 Å². The molecular weight excluding hydrogens is 458 g/mol. The van der Waals surface area contributed by atoms with E-state index in [0.717, 1.165) is 27.6 Å². The number of nitrogens with zero attached hydrogens (tertiary/aromatic N) is 3. The Kier molecular flexibility index (Phi) is 5.63. The van der Waals surface area contributed by atoms with Gasteiger partial charge in [0.15, 0.2) is 0 Å². The number of amides is 3. The van der Waals surface area contributed by atoms with Crippen molar-refractivity contribution in [2.75, 3.05) is 18.1 Å². The molecule has 0 radical (unpaired) electrons. The van der Waals surface area contributed by atoms with Gasteiger partial charge in [-0.25, -0.2) is 0 Å². The highest BCUT2D eigenvalue weighted by Gasteiger charge is 2.45. The third-order valence-corrected chi connectivity index (χ3v) is 7.60. The molecule has 0 bridgehead atoms. The van der Waals surface area contributed by atoms with E-state index in [1.165, 1.54) is 0 Å². The third-order valence-electron chi connectivity index (χ3n) is 6.03. The van der Waals surface area contributed by atoms with Gasteiger partial charge in [0.25, 0.3) is 11.8 Å². The second-order valence-corrected chi connectivity index (χ2v) is 9.61. The first-order valence-corrected chi connectivity index (χ1v) is 12.5. The molecule has 1 saturated heterocycles. The molecule has 2 unspecified atom stereocenters. The van der Waals surface area contributed by atoms with E-state index in [2.05, 4.69) is 20.2 Å². The number of aryl methyl sites for hydroxylation is 1. The molecule has 10 heteroatoms. The molecule has 2 aromatic carbocycles. The molecule has 5 rings (SSSR count). The number of benzene rings is 2. The molecule has 1 fully saturated rings. The normalized spacial score (nSPS) is 19.5. The SMILES string of the molecule is CSc1ccc(-c2ccc3c(c2)C(=O)N2CCC(NC(=O)c4snnc4C)C2C(=O)N3)cc1. The zero-order valence-electron chi connectivity index (χ0n) is 18.0. The van der Waals surface area contributed by atoms with Crippen LogP contribution in [0.15, 0.2) is 47.4 Å². The lowest BCUT2D eigenvalue weighted by Gasteiger charge is -2.24. The van der Waals surface area contributed by atoms with Gasteiger partial charge in [0.1, 0.15) is 10.9 Å². The molecule has 1 aromatic heterocycles. The summed E-state index contributed by atoms with van der Waals surface area (Å²) in [5.41, 5.74) is 3.37. The first kappa shape index (κ1) is 21.6. The van der Waals surface area contributed by atoms with Gasteiger partial charge in [-0.3, -0.25) is 14.4 Å². The van der Waals surface area contributed by atoms with E-state index in [4.69, 9.17) is 0 Å². The molecule has 3 aromatic rings. The Labute approximate surface area is 198 Å². The molecule has 2 aliphatic rings. The highest BCUT2D eigenvalue weighted by molar-refractivity contribution is 7.98. The lowest BCUT2D eigenvalue weighted by atomic mass is 10.0. The Hall–Kier alpha value is -3.24. The summed E-state index contributed by atoms with van der Waals surface area (Å²) in [6.07, 6.45) is 2.52. The summed E-state index contributed by atoms with van der Waals surface area (Å²) in [6.45, 7) is 2.10. The van der Waals surface area contributed by atoms with Crippen molar-refractivity contribution >= 4 is 46.7 Å². The summed E-state index contributed by atoms with van der Waals surface area (Å²) in [5, 5.41) is 9.67. The van der Waals surface area contributed by atoms with Crippen LogP contribution in [0.5, 0.6) is 0 Å². The average molecular weight is 480 g/mol. The van der Waals surface area contributed by atoms with Gasteiger partial charge >= 0.3 is 0 Å². The summed E-state index contributed by atoms with van der Waals surface area (Å²) in [7, 11) is 0. The van der Waals surface area contributed by atoms with Crippen molar-refractivity contribution in [3.8, 4) is 11.1 Å². The largest absolute Gasteiger partial charge is 0.346 e. The maximum atomic E-state index is 13.5. The van der Waals surface area contributed by atoms with E-state index in [1.807, 2.05) is 42.7 Å². The standard InChI is InChI=1S/C23H21N5O3S2/c1-12-20(33-27-26-12)22(30)25-18-9-10-28-19(18)21(29)24-17-8-5-14(11-16(17)23(28)31)13-3-6-15(32-2)7-4-13/h3-8,11,18-19H,9-10H2,1-2H3,(H,24,29)(H,25,30). The fourth-order valence-corrected chi connectivity index (χ4v) is 5.29. The van der Waals surface area contributed by atoms with Crippen molar-refractivity contribution in [3.05, 3.63) is 58.6 Å². The van der Waals surface area contributed by atoms with Crippen LogP contribution in [-0.4, -0.2) is 57.1 Å². The molecule has 33 heavy (non-hydrogen) atoms. The second-order valence-electron chi connectivity index (χ2n) is 7.98. The predicted octanol–water partition coefficient (Wildman–Crippen LogP) is 3.20. The van der Waals surface area contributed by atoms with Gasteiger partial charge in [-0.1, -0.05) is 22.7 Å². The summed E-state index contributed by atoms with van der Waals surface area (Å²) < 4.78 is 3.80. The first-order chi connectivity index (χ1) is 16.0. The number of thioether (sulfide) groups is 1. The van der Waals surface area contributed by atoms with E-state index in [-0.39, 0.29) is 17.7 Å². The fourth-order valence-electron chi connectivity index (χ4n) is 4.32. The number of fused-ring (bicyclic) bond motifs is 2. The minimum absolute atomic E-state index is 0.219. The lowest BCUT2D eigenvalue weighted by Crippen LogP contribution is -2.51. The van der Waals surface area contributed by atoms with E-state index in [1.54, 1.807) is 29.7 Å².